The maximum Gasteiger partial charge on any atom is 0.317 e. The van der Waals surface area contributed by atoms with E-state index in [0.717, 1.165) is 24.2 Å². The molecular formula is C16H21N3O3. The van der Waals surface area contributed by atoms with Gasteiger partial charge in [-0.15, -0.1) is 0 Å². The summed E-state index contributed by atoms with van der Waals surface area (Å²) >= 11 is 0. The Morgan fingerprint density at radius 1 is 1.14 bits per heavy atom. The largest absolute Gasteiger partial charge is 0.481 e. The third-order valence-electron chi connectivity index (χ3n) is 4.60. The van der Waals surface area contributed by atoms with Crippen molar-refractivity contribution in [2.24, 2.45) is 0 Å². The van der Waals surface area contributed by atoms with Crippen LogP contribution < -0.4 is 5.32 Å². The molecule has 0 aromatic heterocycles. The molecule has 1 aromatic rings. The van der Waals surface area contributed by atoms with E-state index in [2.05, 4.69) is 10.2 Å². The molecule has 0 radical (unpaired) electrons. The molecule has 6 nitrogen and oxygen atoms in total. The van der Waals surface area contributed by atoms with Gasteiger partial charge in [-0.05, 0) is 24.6 Å². The lowest BCUT2D eigenvalue weighted by Crippen LogP contribution is -2.51. The number of hydrogen-bond donors (Lipinski definition) is 2. The number of likely N-dealkylation sites (N-methyl/N-ethyl adjacent to an activating group) is 1. The fourth-order valence-electron chi connectivity index (χ4n) is 3.26. The number of hydrogen-bond acceptors (Lipinski definition) is 3. The van der Waals surface area contributed by atoms with Crippen LogP contribution in [0, 0.1) is 0 Å². The molecule has 6 heteroatoms. The first-order chi connectivity index (χ1) is 10.6. The normalized spacial score (nSPS) is 24.9. The number of nitrogens with zero attached hydrogens (tertiary/aromatic N) is 2. The SMILES string of the molecule is CN1CCN(C(=O)NC2CC(C(=O)O)c3ccccc32)CC1. The molecule has 0 spiro atoms. The maximum absolute atomic E-state index is 12.4. The minimum Gasteiger partial charge on any atom is -0.481 e. The number of amides is 2. The number of carbonyl (C=O) groups is 2. The molecule has 0 bridgehead atoms. The third kappa shape index (κ3) is 2.78. The first-order valence-electron chi connectivity index (χ1n) is 7.62. The molecular weight excluding hydrogens is 282 g/mol. The number of aliphatic carboxylic acids is 1. The van der Waals surface area contributed by atoms with Gasteiger partial charge in [-0.1, -0.05) is 24.3 Å². The van der Waals surface area contributed by atoms with Crippen LogP contribution in [-0.2, 0) is 4.79 Å². The van der Waals surface area contributed by atoms with E-state index >= 15 is 0 Å². The third-order valence-corrected chi connectivity index (χ3v) is 4.60. The van der Waals surface area contributed by atoms with E-state index in [1.54, 1.807) is 4.90 Å². The molecule has 1 heterocycles. The second-order valence-corrected chi connectivity index (χ2v) is 6.05. The molecule has 22 heavy (non-hydrogen) atoms. The van der Waals surface area contributed by atoms with E-state index in [0.29, 0.717) is 19.5 Å². The van der Waals surface area contributed by atoms with Crippen LogP contribution >= 0.6 is 0 Å². The van der Waals surface area contributed by atoms with Crippen LogP contribution in [0.2, 0.25) is 0 Å². The Kier molecular flexibility index (Phi) is 4.02. The lowest BCUT2D eigenvalue weighted by Gasteiger charge is -2.33. The zero-order valence-electron chi connectivity index (χ0n) is 12.7. The average molecular weight is 303 g/mol. The maximum atomic E-state index is 12.4. The van der Waals surface area contributed by atoms with E-state index in [-0.39, 0.29) is 12.1 Å². The number of carboxylic acids is 1. The standard InChI is InChI=1S/C16H21N3O3/c1-18-6-8-19(9-7-18)16(22)17-14-10-13(15(20)21)11-4-2-3-5-12(11)14/h2-5,13-14H,6-10H2,1H3,(H,17,22)(H,20,21). The predicted molar refractivity (Wildman–Crippen MR) is 81.8 cm³/mol. The summed E-state index contributed by atoms with van der Waals surface area (Å²) < 4.78 is 0. The highest BCUT2D eigenvalue weighted by Gasteiger charge is 2.36. The highest BCUT2D eigenvalue weighted by Crippen LogP contribution is 2.40. The van der Waals surface area contributed by atoms with Crippen molar-refractivity contribution in [1.29, 1.82) is 0 Å². The summed E-state index contributed by atoms with van der Waals surface area (Å²) in [6, 6.07) is 7.17. The number of nitrogens with one attached hydrogen (secondary N) is 1. The van der Waals surface area contributed by atoms with Crippen LogP contribution in [0.3, 0.4) is 0 Å². The summed E-state index contributed by atoms with van der Waals surface area (Å²) in [7, 11) is 2.04. The number of rotatable bonds is 2. The second-order valence-electron chi connectivity index (χ2n) is 6.05. The summed E-state index contributed by atoms with van der Waals surface area (Å²) in [5.41, 5.74) is 1.75. The lowest BCUT2D eigenvalue weighted by atomic mass is 10.0. The Morgan fingerprint density at radius 2 is 1.77 bits per heavy atom. The van der Waals surface area contributed by atoms with Gasteiger partial charge in [0.05, 0.1) is 12.0 Å². The van der Waals surface area contributed by atoms with Crippen molar-refractivity contribution >= 4 is 12.0 Å². The van der Waals surface area contributed by atoms with Crippen LogP contribution in [0.4, 0.5) is 4.79 Å². The van der Waals surface area contributed by atoms with Crippen molar-refractivity contribution in [3.05, 3.63) is 35.4 Å². The van der Waals surface area contributed by atoms with Gasteiger partial charge < -0.3 is 20.2 Å². The average Bonchev–Trinajstić information content (AvgIpc) is 2.87. The van der Waals surface area contributed by atoms with Crippen molar-refractivity contribution in [1.82, 2.24) is 15.1 Å². The topological polar surface area (TPSA) is 72.9 Å². The van der Waals surface area contributed by atoms with Gasteiger partial charge in [0.1, 0.15) is 0 Å². The molecule has 1 aromatic carbocycles. The van der Waals surface area contributed by atoms with Gasteiger partial charge >= 0.3 is 12.0 Å². The lowest BCUT2D eigenvalue weighted by molar-refractivity contribution is -0.138. The van der Waals surface area contributed by atoms with Crippen LogP contribution in [0.1, 0.15) is 29.5 Å². The first kappa shape index (κ1) is 14.8. The highest BCUT2D eigenvalue weighted by atomic mass is 16.4. The van der Waals surface area contributed by atoms with Crippen molar-refractivity contribution in [2.75, 3.05) is 33.2 Å². The van der Waals surface area contributed by atoms with Crippen molar-refractivity contribution in [3.8, 4) is 0 Å². The van der Waals surface area contributed by atoms with E-state index < -0.39 is 11.9 Å². The van der Waals surface area contributed by atoms with E-state index in [4.69, 9.17) is 0 Å². The Hall–Kier alpha value is -2.08. The Balaban J connectivity index is 1.71. The molecule has 118 valence electrons. The molecule has 2 unspecified atom stereocenters. The van der Waals surface area contributed by atoms with Gasteiger partial charge in [-0.3, -0.25) is 4.79 Å². The van der Waals surface area contributed by atoms with Crippen LogP contribution in [0.25, 0.3) is 0 Å². The minimum atomic E-state index is -0.830. The molecule has 1 aliphatic heterocycles. The number of carbonyl (C=O) groups excluding carboxylic acids is 1. The van der Waals surface area contributed by atoms with Crippen molar-refractivity contribution < 1.29 is 14.7 Å². The molecule has 2 N–H and O–H groups in total. The van der Waals surface area contributed by atoms with Crippen LogP contribution in [-0.4, -0.2) is 60.1 Å². The molecule has 2 atom stereocenters. The van der Waals surface area contributed by atoms with Crippen LogP contribution in [0.5, 0.6) is 0 Å². The molecule has 2 amide bonds. The Bertz CT molecular complexity index is 582. The van der Waals surface area contributed by atoms with E-state index in [1.165, 1.54) is 0 Å². The van der Waals surface area contributed by atoms with Crippen molar-refractivity contribution in [3.63, 3.8) is 0 Å². The Morgan fingerprint density at radius 3 is 2.41 bits per heavy atom. The Labute approximate surface area is 129 Å². The predicted octanol–water partition coefficient (Wildman–Crippen LogP) is 1.26. The van der Waals surface area contributed by atoms with E-state index in [1.807, 2.05) is 31.3 Å². The van der Waals surface area contributed by atoms with Gasteiger partial charge in [0.25, 0.3) is 0 Å². The minimum absolute atomic E-state index is 0.0982. The smallest absolute Gasteiger partial charge is 0.317 e. The fraction of sp³-hybridized carbons (Fsp3) is 0.500. The number of fused-ring (bicyclic) bond motifs is 1. The molecule has 1 fully saturated rings. The quantitative estimate of drug-likeness (QED) is 0.862. The van der Waals surface area contributed by atoms with Gasteiger partial charge in [-0.2, -0.15) is 0 Å². The molecule has 1 aliphatic carbocycles. The highest BCUT2D eigenvalue weighted by molar-refractivity contribution is 5.80. The van der Waals surface area contributed by atoms with Gasteiger partial charge in [-0.25, -0.2) is 4.79 Å². The van der Waals surface area contributed by atoms with Gasteiger partial charge in [0.15, 0.2) is 0 Å². The molecule has 0 saturated carbocycles. The van der Waals surface area contributed by atoms with Crippen LogP contribution in [0.15, 0.2) is 24.3 Å². The van der Waals surface area contributed by atoms with Gasteiger partial charge in [0.2, 0.25) is 0 Å². The number of carboxylic acid groups (broad SMARTS) is 1. The van der Waals surface area contributed by atoms with Crippen molar-refractivity contribution in [2.45, 2.75) is 18.4 Å². The van der Waals surface area contributed by atoms with Gasteiger partial charge in [0, 0.05) is 26.2 Å². The second kappa shape index (κ2) is 5.96. The first-order valence-corrected chi connectivity index (χ1v) is 7.62. The molecule has 1 saturated heterocycles. The zero-order valence-corrected chi connectivity index (χ0v) is 12.7. The number of benzene rings is 1. The summed E-state index contributed by atoms with van der Waals surface area (Å²) in [5, 5.41) is 12.4. The summed E-state index contributed by atoms with van der Waals surface area (Å²) in [5.74, 6) is -1.36. The summed E-state index contributed by atoms with van der Waals surface area (Å²) in [6.07, 6.45) is 0.425. The summed E-state index contributed by atoms with van der Waals surface area (Å²) in [6.45, 7) is 3.15. The number of piperazine rings is 1. The fourth-order valence-corrected chi connectivity index (χ4v) is 3.26. The number of urea groups is 1. The molecule has 3 rings (SSSR count). The summed E-state index contributed by atoms with van der Waals surface area (Å²) in [4.78, 5) is 27.8. The van der Waals surface area contributed by atoms with E-state index in [9.17, 15) is 14.7 Å². The molecule has 2 aliphatic rings. The zero-order chi connectivity index (χ0) is 15.7. The monoisotopic (exact) mass is 303 g/mol.